The van der Waals surface area contributed by atoms with Crippen LogP contribution >= 0.6 is 23.2 Å². The predicted molar refractivity (Wildman–Crippen MR) is 43.1 cm³/mol. The third kappa shape index (κ3) is 3.32. The number of ether oxygens (including phenoxy) is 1. The average Bonchev–Trinajstić information content (AvgIpc) is 1.94. The SMILES string of the molecule is FC(F)(F)Oc1ccc(Cl)c(Cl)c1. The smallest absolute Gasteiger partial charge is 0.406 e. The number of benzene rings is 1. The van der Waals surface area contributed by atoms with Gasteiger partial charge < -0.3 is 4.74 Å². The summed E-state index contributed by atoms with van der Waals surface area (Å²) in [5.41, 5.74) is 0. The van der Waals surface area contributed by atoms with E-state index in [4.69, 9.17) is 23.2 Å². The first kappa shape index (κ1) is 10.5. The van der Waals surface area contributed by atoms with E-state index >= 15 is 0 Å². The Labute approximate surface area is 82.0 Å². The van der Waals surface area contributed by atoms with Gasteiger partial charge in [0, 0.05) is 6.07 Å². The number of alkyl halides is 3. The Morgan fingerprint density at radius 2 is 1.69 bits per heavy atom. The first-order chi connectivity index (χ1) is 5.88. The maximum Gasteiger partial charge on any atom is 0.573 e. The molecule has 1 rings (SSSR count). The van der Waals surface area contributed by atoms with Gasteiger partial charge in [-0.3, -0.25) is 0 Å². The van der Waals surface area contributed by atoms with Crippen LogP contribution in [0.25, 0.3) is 0 Å². The minimum atomic E-state index is -4.71. The molecule has 6 heteroatoms. The Kier molecular flexibility index (Phi) is 2.93. The summed E-state index contributed by atoms with van der Waals surface area (Å²) in [7, 11) is 0. The molecule has 0 bridgehead atoms. The van der Waals surface area contributed by atoms with Gasteiger partial charge in [0.15, 0.2) is 0 Å². The van der Waals surface area contributed by atoms with Crippen molar-refractivity contribution in [3.63, 3.8) is 0 Å². The number of halogens is 5. The molecule has 0 N–H and O–H groups in total. The lowest BCUT2D eigenvalue weighted by molar-refractivity contribution is -0.274. The second-order valence-corrected chi connectivity index (χ2v) is 2.94. The summed E-state index contributed by atoms with van der Waals surface area (Å²) in [5, 5.41) is 0.194. The van der Waals surface area contributed by atoms with Crippen LogP contribution < -0.4 is 4.74 Å². The maximum absolute atomic E-state index is 11.7. The summed E-state index contributed by atoms with van der Waals surface area (Å²) in [6.45, 7) is 0. The van der Waals surface area contributed by atoms with Crippen LogP contribution in [0.1, 0.15) is 0 Å². The lowest BCUT2D eigenvalue weighted by Crippen LogP contribution is -2.16. The summed E-state index contributed by atoms with van der Waals surface area (Å²) >= 11 is 10.9. The molecule has 0 saturated carbocycles. The number of rotatable bonds is 1. The third-order valence-electron chi connectivity index (χ3n) is 1.12. The fraction of sp³-hybridized carbons (Fsp3) is 0.143. The van der Waals surface area contributed by atoms with Gasteiger partial charge in [0.05, 0.1) is 10.0 Å². The fourth-order valence-corrected chi connectivity index (χ4v) is 0.962. The minimum absolute atomic E-state index is 0.0171. The molecule has 0 atom stereocenters. The van der Waals surface area contributed by atoms with Crippen LogP contribution in [0.2, 0.25) is 10.0 Å². The molecule has 1 aromatic rings. The molecule has 72 valence electrons. The molecule has 0 fully saturated rings. The molecule has 0 amide bonds. The van der Waals surface area contributed by atoms with Gasteiger partial charge in [-0.15, -0.1) is 13.2 Å². The highest BCUT2D eigenvalue weighted by atomic mass is 35.5. The van der Waals surface area contributed by atoms with Crippen molar-refractivity contribution in [3.8, 4) is 5.75 Å². The molecule has 0 heterocycles. The topological polar surface area (TPSA) is 9.23 Å². The Bertz CT molecular complexity index is 311. The van der Waals surface area contributed by atoms with Crippen LogP contribution in [-0.2, 0) is 0 Å². The van der Waals surface area contributed by atoms with Crippen molar-refractivity contribution in [1.82, 2.24) is 0 Å². The zero-order valence-corrected chi connectivity index (χ0v) is 7.54. The van der Waals surface area contributed by atoms with E-state index in [-0.39, 0.29) is 15.8 Å². The lowest BCUT2D eigenvalue weighted by Gasteiger charge is -2.08. The van der Waals surface area contributed by atoms with Crippen LogP contribution in [0, 0.1) is 0 Å². The van der Waals surface area contributed by atoms with Crippen molar-refractivity contribution in [3.05, 3.63) is 28.2 Å². The second kappa shape index (κ2) is 3.64. The van der Waals surface area contributed by atoms with Crippen molar-refractivity contribution in [2.45, 2.75) is 6.36 Å². The lowest BCUT2D eigenvalue weighted by atomic mass is 10.3. The summed E-state index contributed by atoms with van der Waals surface area (Å²) in [6.07, 6.45) is -4.71. The van der Waals surface area contributed by atoms with Gasteiger partial charge in [-0.2, -0.15) is 0 Å². The summed E-state index contributed by atoms with van der Waals surface area (Å²) in [4.78, 5) is 0. The van der Waals surface area contributed by atoms with Crippen molar-refractivity contribution in [2.75, 3.05) is 0 Å². The van der Waals surface area contributed by atoms with Crippen LogP contribution in [0.4, 0.5) is 13.2 Å². The summed E-state index contributed by atoms with van der Waals surface area (Å²) in [6, 6.07) is 3.31. The van der Waals surface area contributed by atoms with Crippen LogP contribution in [-0.4, -0.2) is 6.36 Å². The monoisotopic (exact) mass is 230 g/mol. The second-order valence-electron chi connectivity index (χ2n) is 2.12. The Balaban J connectivity index is 2.86. The van der Waals surface area contributed by atoms with Gasteiger partial charge in [0.25, 0.3) is 0 Å². The number of hydrogen-bond donors (Lipinski definition) is 0. The van der Waals surface area contributed by atoms with E-state index in [0.29, 0.717) is 0 Å². The predicted octanol–water partition coefficient (Wildman–Crippen LogP) is 3.89. The standard InChI is InChI=1S/C7H3Cl2F3O/c8-5-2-1-4(3-6(5)9)13-7(10,11)12/h1-3H. The molecule has 13 heavy (non-hydrogen) atoms. The highest BCUT2D eigenvalue weighted by Gasteiger charge is 2.31. The van der Waals surface area contributed by atoms with Crippen LogP contribution in [0.15, 0.2) is 18.2 Å². The molecule has 0 aromatic heterocycles. The van der Waals surface area contributed by atoms with Crippen molar-refractivity contribution in [1.29, 1.82) is 0 Å². The van der Waals surface area contributed by atoms with Gasteiger partial charge in [0.1, 0.15) is 5.75 Å². The summed E-state index contributed by atoms with van der Waals surface area (Å²) < 4.78 is 38.6. The molecular weight excluding hydrogens is 228 g/mol. The van der Waals surface area contributed by atoms with Gasteiger partial charge in [-0.05, 0) is 12.1 Å². The third-order valence-corrected chi connectivity index (χ3v) is 1.86. The quantitative estimate of drug-likeness (QED) is 0.712. The minimum Gasteiger partial charge on any atom is -0.406 e. The summed E-state index contributed by atoms with van der Waals surface area (Å²) in [5.74, 6) is -0.387. The average molecular weight is 231 g/mol. The molecule has 1 nitrogen and oxygen atoms in total. The zero-order chi connectivity index (χ0) is 10.1. The Hall–Kier alpha value is -0.610. The van der Waals surface area contributed by atoms with Crippen LogP contribution in [0.3, 0.4) is 0 Å². The zero-order valence-electron chi connectivity index (χ0n) is 6.03. The van der Waals surface area contributed by atoms with Crippen molar-refractivity contribution in [2.24, 2.45) is 0 Å². The highest BCUT2D eigenvalue weighted by Crippen LogP contribution is 2.29. The van der Waals surface area contributed by atoms with Gasteiger partial charge in [-0.1, -0.05) is 23.2 Å². The Morgan fingerprint density at radius 1 is 1.08 bits per heavy atom. The van der Waals surface area contributed by atoms with Gasteiger partial charge in [-0.25, -0.2) is 0 Å². The first-order valence-corrected chi connectivity index (χ1v) is 3.85. The van der Waals surface area contributed by atoms with E-state index in [1.54, 1.807) is 0 Å². The molecule has 0 aliphatic rings. The molecule has 0 radical (unpaired) electrons. The molecular formula is C7H3Cl2F3O. The van der Waals surface area contributed by atoms with E-state index in [0.717, 1.165) is 12.1 Å². The van der Waals surface area contributed by atoms with Gasteiger partial charge in [0.2, 0.25) is 0 Å². The van der Waals surface area contributed by atoms with E-state index in [2.05, 4.69) is 4.74 Å². The molecule has 0 unspecified atom stereocenters. The van der Waals surface area contributed by atoms with E-state index in [9.17, 15) is 13.2 Å². The fourth-order valence-electron chi connectivity index (χ4n) is 0.674. The van der Waals surface area contributed by atoms with Crippen LogP contribution in [0.5, 0.6) is 5.75 Å². The normalized spacial score (nSPS) is 11.5. The molecule has 0 spiro atoms. The van der Waals surface area contributed by atoms with Crippen molar-refractivity contribution < 1.29 is 17.9 Å². The maximum atomic E-state index is 11.7. The highest BCUT2D eigenvalue weighted by molar-refractivity contribution is 6.42. The Morgan fingerprint density at radius 3 is 2.15 bits per heavy atom. The largest absolute Gasteiger partial charge is 0.573 e. The van der Waals surface area contributed by atoms with E-state index in [1.807, 2.05) is 0 Å². The number of hydrogen-bond acceptors (Lipinski definition) is 1. The molecule has 0 aliphatic carbocycles. The van der Waals surface area contributed by atoms with E-state index < -0.39 is 6.36 Å². The molecule has 0 saturated heterocycles. The molecule has 1 aromatic carbocycles. The van der Waals surface area contributed by atoms with Crippen molar-refractivity contribution >= 4 is 23.2 Å². The van der Waals surface area contributed by atoms with Gasteiger partial charge >= 0.3 is 6.36 Å². The first-order valence-electron chi connectivity index (χ1n) is 3.09. The van der Waals surface area contributed by atoms with E-state index in [1.165, 1.54) is 6.07 Å². The molecule has 0 aliphatic heterocycles.